The van der Waals surface area contributed by atoms with Gasteiger partial charge in [-0.2, -0.15) is 13.2 Å². The van der Waals surface area contributed by atoms with E-state index in [1.54, 1.807) is 7.05 Å². The van der Waals surface area contributed by atoms with Gasteiger partial charge in [0.1, 0.15) is 17.5 Å². The predicted molar refractivity (Wildman–Crippen MR) is 130 cm³/mol. The number of hydrogen-bond acceptors (Lipinski definition) is 7. The van der Waals surface area contributed by atoms with Crippen molar-refractivity contribution in [2.24, 2.45) is 4.99 Å². The first-order valence-electron chi connectivity index (χ1n) is 11.0. The van der Waals surface area contributed by atoms with Crippen molar-refractivity contribution in [3.63, 3.8) is 0 Å². The summed E-state index contributed by atoms with van der Waals surface area (Å²) in [5.74, 6) is -0.287. The van der Waals surface area contributed by atoms with Crippen molar-refractivity contribution in [2.75, 3.05) is 39.7 Å². The largest absolute Gasteiger partial charge is 0.497 e. The molecule has 3 rings (SSSR count). The molecule has 0 aliphatic carbocycles. The van der Waals surface area contributed by atoms with Crippen molar-refractivity contribution in [2.45, 2.75) is 17.6 Å². The number of amides is 1. The first-order valence-corrected chi connectivity index (χ1v) is 12.6. The van der Waals surface area contributed by atoms with Gasteiger partial charge in [-0.3, -0.25) is 15.1 Å². The van der Waals surface area contributed by atoms with Gasteiger partial charge in [-0.25, -0.2) is 8.42 Å². The SMILES string of the molecule is COc1ccc(S(=O)(=O)CNCC=CC(=O)N(C)Cc2ccc(C3=NCCN3)cc2)c(C(F)(F)F)c1. The second-order valence-corrected chi connectivity index (χ2v) is 9.98. The first kappa shape index (κ1) is 27.2. The first-order chi connectivity index (χ1) is 17.0. The number of nitrogens with one attached hydrogen (secondary N) is 2. The number of ether oxygens (including phenoxy) is 1. The summed E-state index contributed by atoms with van der Waals surface area (Å²) in [6.07, 6.45) is -2.17. The lowest BCUT2D eigenvalue weighted by atomic mass is 10.1. The Labute approximate surface area is 207 Å². The topological polar surface area (TPSA) is 100 Å². The summed E-state index contributed by atoms with van der Waals surface area (Å²) >= 11 is 0. The molecule has 0 fully saturated rings. The third-order valence-corrected chi connectivity index (χ3v) is 6.95. The number of amidine groups is 1. The van der Waals surface area contributed by atoms with Crippen LogP contribution in [0.4, 0.5) is 13.2 Å². The maximum absolute atomic E-state index is 13.3. The Morgan fingerprint density at radius 2 is 1.94 bits per heavy atom. The molecule has 0 spiro atoms. The highest BCUT2D eigenvalue weighted by Crippen LogP contribution is 2.36. The highest BCUT2D eigenvalue weighted by atomic mass is 32.2. The maximum Gasteiger partial charge on any atom is 0.417 e. The molecule has 0 bridgehead atoms. The molecule has 1 aliphatic heterocycles. The van der Waals surface area contributed by atoms with Gasteiger partial charge in [0.2, 0.25) is 5.91 Å². The van der Waals surface area contributed by atoms with Crippen molar-refractivity contribution >= 4 is 21.6 Å². The Balaban J connectivity index is 1.51. The molecule has 0 atom stereocenters. The molecule has 1 amide bonds. The van der Waals surface area contributed by atoms with Crippen molar-refractivity contribution in [3.05, 3.63) is 71.3 Å². The zero-order valence-electron chi connectivity index (χ0n) is 19.8. The molecule has 8 nitrogen and oxygen atoms in total. The molecule has 2 aromatic rings. The number of likely N-dealkylation sites (N-methyl/N-ethyl adjacent to an activating group) is 1. The number of nitrogens with zero attached hydrogens (tertiary/aromatic N) is 2. The van der Waals surface area contributed by atoms with Crippen LogP contribution in [0.3, 0.4) is 0 Å². The molecule has 1 aliphatic rings. The Hall–Kier alpha value is -3.38. The van der Waals surface area contributed by atoms with Crippen LogP contribution in [-0.2, 0) is 27.4 Å². The van der Waals surface area contributed by atoms with Crippen LogP contribution >= 0.6 is 0 Å². The van der Waals surface area contributed by atoms with Gasteiger partial charge in [0.25, 0.3) is 0 Å². The van der Waals surface area contributed by atoms with E-state index in [-0.39, 0.29) is 18.2 Å². The number of halogens is 3. The lowest BCUT2D eigenvalue weighted by Crippen LogP contribution is -2.26. The van der Waals surface area contributed by atoms with E-state index in [9.17, 15) is 26.4 Å². The van der Waals surface area contributed by atoms with Gasteiger partial charge < -0.3 is 15.0 Å². The summed E-state index contributed by atoms with van der Waals surface area (Å²) in [5.41, 5.74) is 0.602. The van der Waals surface area contributed by atoms with Gasteiger partial charge in [0, 0.05) is 38.3 Å². The Kier molecular flexibility index (Phi) is 8.75. The second kappa shape index (κ2) is 11.6. The molecule has 36 heavy (non-hydrogen) atoms. The van der Waals surface area contributed by atoms with Crippen molar-refractivity contribution < 1.29 is 31.1 Å². The Morgan fingerprint density at radius 1 is 1.22 bits per heavy atom. The van der Waals surface area contributed by atoms with Gasteiger partial charge in [-0.1, -0.05) is 30.3 Å². The minimum Gasteiger partial charge on any atom is -0.497 e. The number of methoxy groups -OCH3 is 1. The van der Waals surface area contributed by atoms with Gasteiger partial charge in [0.05, 0.1) is 24.1 Å². The summed E-state index contributed by atoms with van der Waals surface area (Å²) in [7, 11) is -1.48. The maximum atomic E-state index is 13.3. The van der Waals surface area contributed by atoms with Gasteiger partial charge in [0.15, 0.2) is 9.84 Å². The molecule has 1 heterocycles. The van der Waals surface area contributed by atoms with Crippen molar-refractivity contribution in [1.29, 1.82) is 0 Å². The molecule has 2 aromatic carbocycles. The minimum absolute atomic E-state index is 0.0277. The third-order valence-electron chi connectivity index (χ3n) is 5.34. The van der Waals surface area contributed by atoms with Crippen LogP contribution in [0.25, 0.3) is 0 Å². The Morgan fingerprint density at radius 3 is 2.56 bits per heavy atom. The van der Waals surface area contributed by atoms with Gasteiger partial charge in [-0.15, -0.1) is 0 Å². The highest BCUT2D eigenvalue weighted by Gasteiger charge is 2.37. The number of carbonyl (C=O) groups excluding carboxylic acids is 1. The summed E-state index contributed by atoms with van der Waals surface area (Å²) in [6, 6.07) is 10.4. The number of hydrogen-bond donors (Lipinski definition) is 2. The van der Waals surface area contributed by atoms with E-state index in [1.807, 2.05) is 24.3 Å². The van der Waals surface area contributed by atoms with Gasteiger partial charge in [-0.05, 0) is 23.8 Å². The molecular weight excluding hydrogens is 497 g/mol. The number of rotatable bonds is 10. The van der Waals surface area contributed by atoms with E-state index in [2.05, 4.69) is 15.6 Å². The number of carbonyl (C=O) groups is 1. The predicted octanol–water partition coefficient (Wildman–Crippen LogP) is 2.60. The quantitative estimate of drug-likeness (QED) is 0.366. The number of benzene rings is 2. The Bertz CT molecular complexity index is 1240. The van der Waals surface area contributed by atoms with Crippen LogP contribution in [0.1, 0.15) is 16.7 Å². The average molecular weight is 525 g/mol. The molecule has 12 heteroatoms. The smallest absolute Gasteiger partial charge is 0.417 e. The lowest BCUT2D eigenvalue weighted by molar-refractivity contribution is -0.140. The molecule has 0 aromatic heterocycles. The molecule has 2 N–H and O–H groups in total. The van der Waals surface area contributed by atoms with E-state index in [0.717, 1.165) is 42.2 Å². The van der Waals surface area contributed by atoms with Crippen LogP contribution < -0.4 is 15.4 Å². The van der Waals surface area contributed by atoms with Gasteiger partial charge >= 0.3 is 6.18 Å². The standard InChI is InChI=1S/C24H27F3N4O4S/c1-31(15-17-5-7-18(8-6-17)23-29-12-13-30-23)22(32)4-3-11-28-16-36(33,34)21-10-9-19(35-2)14-20(21)24(25,26)27/h3-10,14,28H,11-13,15-16H2,1-2H3,(H,29,30). The molecule has 0 unspecified atom stereocenters. The van der Waals surface area contributed by atoms with E-state index >= 15 is 0 Å². The van der Waals surface area contributed by atoms with E-state index in [1.165, 1.54) is 24.2 Å². The fourth-order valence-corrected chi connectivity index (χ4v) is 4.81. The fraction of sp³-hybridized carbons (Fsp3) is 0.333. The zero-order valence-corrected chi connectivity index (χ0v) is 20.6. The van der Waals surface area contributed by atoms with E-state index in [0.29, 0.717) is 12.6 Å². The molecular formula is C24H27F3N4O4S. The average Bonchev–Trinajstić information content (AvgIpc) is 3.38. The van der Waals surface area contributed by atoms with Crippen LogP contribution in [0.5, 0.6) is 5.75 Å². The van der Waals surface area contributed by atoms with Crippen LogP contribution in [-0.4, -0.2) is 64.7 Å². The fourth-order valence-electron chi connectivity index (χ4n) is 3.48. The van der Waals surface area contributed by atoms with Crippen LogP contribution in [0, 0.1) is 0 Å². The van der Waals surface area contributed by atoms with Crippen LogP contribution in [0.15, 0.2) is 64.5 Å². The summed E-state index contributed by atoms with van der Waals surface area (Å²) in [5, 5.41) is 5.74. The summed E-state index contributed by atoms with van der Waals surface area (Å²) in [4.78, 5) is 17.4. The van der Waals surface area contributed by atoms with E-state index < -0.39 is 32.3 Å². The number of sulfone groups is 1. The van der Waals surface area contributed by atoms with Crippen molar-refractivity contribution in [1.82, 2.24) is 15.5 Å². The molecule has 0 saturated carbocycles. The highest BCUT2D eigenvalue weighted by molar-refractivity contribution is 7.91. The van der Waals surface area contributed by atoms with Crippen molar-refractivity contribution in [3.8, 4) is 5.75 Å². The minimum atomic E-state index is -4.87. The summed E-state index contributed by atoms with van der Waals surface area (Å²) in [6.45, 7) is 1.90. The normalized spacial score (nSPS) is 14.0. The zero-order chi connectivity index (χ0) is 26.3. The lowest BCUT2D eigenvalue weighted by Gasteiger charge is -2.16. The third kappa shape index (κ3) is 7.08. The molecule has 0 saturated heterocycles. The van der Waals surface area contributed by atoms with E-state index in [4.69, 9.17) is 4.74 Å². The van der Waals surface area contributed by atoms with Crippen LogP contribution in [0.2, 0.25) is 0 Å². The number of alkyl halides is 3. The summed E-state index contributed by atoms with van der Waals surface area (Å²) < 4.78 is 69.8. The number of aliphatic imine (C=N–C) groups is 1. The monoisotopic (exact) mass is 524 g/mol. The molecule has 194 valence electrons. The second-order valence-electron chi connectivity index (χ2n) is 8.02. The molecule has 0 radical (unpaired) electrons.